The summed E-state index contributed by atoms with van der Waals surface area (Å²) in [5.41, 5.74) is 8.26. The van der Waals surface area contributed by atoms with Crippen LogP contribution < -0.4 is 10.6 Å². The average molecular weight is 256 g/mol. The molecule has 0 spiro atoms. The molecular formula is C13H22ClN3. The van der Waals surface area contributed by atoms with Crippen molar-refractivity contribution in [3.05, 3.63) is 29.8 Å². The summed E-state index contributed by atoms with van der Waals surface area (Å²) in [6, 6.07) is 8.75. The molecule has 1 aliphatic heterocycles. The summed E-state index contributed by atoms with van der Waals surface area (Å²) in [6.45, 7) is 8.43. The Morgan fingerprint density at radius 3 is 2.47 bits per heavy atom. The molecule has 1 heterocycles. The van der Waals surface area contributed by atoms with E-state index in [9.17, 15) is 0 Å². The van der Waals surface area contributed by atoms with Gasteiger partial charge in [0.25, 0.3) is 0 Å². The Morgan fingerprint density at radius 2 is 1.88 bits per heavy atom. The first kappa shape index (κ1) is 14.3. The molecule has 3 nitrogen and oxygen atoms in total. The summed E-state index contributed by atoms with van der Waals surface area (Å²) in [5, 5.41) is 0. The highest BCUT2D eigenvalue weighted by atomic mass is 35.5. The van der Waals surface area contributed by atoms with Gasteiger partial charge in [0.2, 0.25) is 0 Å². The molecule has 1 saturated heterocycles. The molecule has 2 N–H and O–H groups in total. The van der Waals surface area contributed by atoms with E-state index in [0.717, 1.165) is 39.3 Å². The predicted octanol–water partition coefficient (Wildman–Crippen LogP) is 1.50. The van der Waals surface area contributed by atoms with Crippen molar-refractivity contribution in [3.63, 3.8) is 0 Å². The Kier molecular flexibility index (Phi) is 5.75. The molecule has 1 aromatic rings. The molecule has 1 fully saturated rings. The van der Waals surface area contributed by atoms with Crippen LogP contribution in [0.2, 0.25) is 0 Å². The van der Waals surface area contributed by atoms with E-state index in [-0.39, 0.29) is 12.4 Å². The topological polar surface area (TPSA) is 32.5 Å². The van der Waals surface area contributed by atoms with Crippen LogP contribution in [0.3, 0.4) is 0 Å². The molecule has 0 bridgehead atoms. The number of anilines is 1. The van der Waals surface area contributed by atoms with Crippen LogP contribution in [-0.2, 0) is 0 Å². The number of nitrogens with zero attached hydrogens (tertiary/aromatic N) is 2. The number of hydrogen-bond donors (Lipinski definition) is 1. The molecule has 1 aliphatic rings. The number of piperazine rings is 1. The Bertz CT molecular complexity index is 335. The highest BCUT2D eigenvalue weighted by Gasteiger charge is 2.16. The third-order valence-electron chi connectivity index (χ3n) is 3.18. The fraction of sp³-hybridized carbons (Fsp3) is 0.538. The lowest BCUT2D eigenvalue weighted by molar-refractivity contribution is 0.265. The van der Waals surface area contributed by atoms with Gasteiger partial charge in [0.05, 0.1) is 0 Å². The number of aryl methyl sites for hydroxylation is 1. The van der Waals surface area contributed by atoms with Gasteiger partial charge in [-0.05, 0) is 24.6 Å². The maximum Gasteiger partial charge on any atom is 0.0369 e. The molecule has 1 aromatic carbocycles. The number of nitrogens with two attached hydrogens (primary N) is 1. The van der Waals surface area contributed by atoms with Crippen LogP contribution in [0.1, 0.15) is 5.56 Å². The van der Waals surface area contributed by atoms with E-state index in [0.29, 0.717) is 0 Å². The molecule has 0 saturated carbocycles. The Hall–Kier alpha value is -0.770. The summed E-state index contributed by atoms with van der Waals surface area (Å²) < 4.78 is 0. The van der Waals surface area contributed by atoms with Gasteiger partial charge in [-0.3, -0.25) is 4.90 Å². The maximum atomic E-state index is 5.57. The van der Waals surface area contributed by atoms with E-state index in [4.69, 9.17) is 5.73 Å². The minimum Gasteiger partial charge on any atom is -0.369 e. The lowest BCUT2D eigenvalue weighted by atomic mass is 10.2. The van der Waals surface area contributed by atoms with Gasteiger partial charge in [-0.25, -0.2) is 0 Å². The van der Waals surface area contributed by atoms with Crippen LogP contribution in [0.25, 0.3) is 0 Å². The van der Waals surface area contributed by atoms with Crippen molar-refractivity contribution in [2.24, 2.45) is 5.73 Å². The highest BCUT2D eigenvalue weighted by molar-refractivity contribution is 5.85. The summed E-state index contributed by atoms with van der Waals surface area (Å²) in [4.78, 5) is 4.90. The predicted molar refractivity (Wildman–Crippen MR) is 76.1 cm³/mol. The molecule has 0 atom stereocenters. The van der Waals surface area contributed by atoms with E-state index in [1.54, 1.807) is 0 Å². The van der Waals surface area contributed by atoms with E-state index >= 15 is 0 Å². The molecular weight excluding hydrogens is 234 g/mol. The molecule has 0 aliphatic carbocycles. The molecule has 0 unspecified atom stereocenters. The van der Waals surface area contributed by atoms with E-state index in [1.807, 2.05) is 0 Å². The zero-order chi connectivity index (χ0) is 11.4. The standard InChI is InChI=1S/C13H21N3.ClH/c1-12-3-2-4-13(11-12)16-9-7-15(6-5-14)8-10-16;/h2-4,11H,5-10,14H2,1H3;1H. The van der Waals surface area contributed by atoms with Crippen LogP contribution in [0, 0.1) is 6.92 Å². The number of halogens is 1. The van der Waals surface area contributed by atoms with E-state index < -0.39 is 0 Å². The second-order valence-electron chi connectivity index (χ2n) is 4.46. The third-order valence-corrected chi connectivity index (χ3v) is 3.18. The quantitative estimate of drug-likeness (QED) is 0.889. The summed E-state index contributed by atoms with van der Waals surface area (Å²) in [5.74, 6) is 0. The Balaban J connectivity index is 0.00000144. The van der Waals surface area contributed by atoms with Gasteiger partial charge in [0, 0.05) is 45.0 Å². The average Bonchev–Trinajstić information content (AvgIpc) is 2.30. The van der Waals surface area contributed by atoms with Crippen molar-refractivity contribution in [3.8, 4) is 0 Å². The lowest BCUT2D eigenvalue weighted by Crippen LogP contribution is -2.47. The van der Waals surface area contributed by atoms with Gasteiger partial charge in [0.15, 0.2) is 0 Å². The molecule has 96 valence electrons. The van der Waals surface area contributed by atoms with E-state index in [1.165, 1.54) is 11.3 Å². The lowest BCUT2D eigenvalue weighted by Gasteiger charge is -2.36. The van der Waals surface area contributed by atoms with E-state index in [2.05, 4.69) is 41.0 Å². The zero-order valence-corrected chi connectivity index (χ0v) is 11.2. The third kappa shape index (κ3) is 3.87. The van der Waals surface area contributed by atoms with Crippen molar-refractivity contribution in [1.82, 2.24) is 4.90 Å². The van der Waals surface area contributed by atoms with Crippen LogP contribution in [0.4, 0.5) is 5.69 Å². The van der Waals surface area contributed by atoms with Gasteiger partial charge in [0.1, 0.15) is 0 Å². The van der Waals surface area contributed by atoms with Gasteiger partial charge in [-0.1, -0.05) is 12.1 Å². The minimum absolute atomic E-state index is 0. The molecule has 0 aromatic heterocycles. The van der Waals surface area contributed by atoms with Crippen LogP contribution in [0.15, 0.2) is 24.3 Å². The maximum absolute atomic E-state index is 5.57. The first-order valence-electron chi connectivity index (χ1n) is 6.03. The zero-order valence-electron chi connectivity index (χ0n) is 10.4. The Morgan fingerprint density at radius 1 is 1.18 bits per heavy atom. The van der Waals surface area contributed by atoms with Crippen LogP contribution >= 0.6 is 12.4 Å². The second-order valence-corrected chi connectivity index (χ2v) is 4.46. The van der Waals surface area contributed by atoms with Crippen molar-refractivity contribution in [1.29, 1.82) is 0 Å². The smallest absolute Gasteiger partial charge is 0.0369 e. The molecule has 2 rings (SSSR count). The largest absolute Gasteiger partial charge is 0.369 e. The first-order chi connectivity index (χ1) is 7.79. The normalized spacial score (nSPS) is 16.7. The number of rotatable bonds is 3. The summed E-state index contributed by atoms with van der Waals surface area (Å²) in [6.07, 6.45) is 0. The molecule has 4 heteroatoms. The van der Waals surface area contributed by atoms with Crippen molar-refractivity contribution >= 4 is 18.1 Å². The minimum atomic E-state index is 0. The fourth-order valence-corrected chi connectivity index (χ4v) is 2.24. The second kappa shape index (κ2) is 6.84. The van der Waals surface area contributed by atoms with Gasteiger partial charge in [-0.2, -0.15) is 0 Å². The molecule has 17 heavy (non-hydrogen) atoms. The van der Waals surface area contributed by atoms with Gasteiger partial charge < -0.3 is 10.6 Å². The summed E-state index contributed by atoms with van der Waals surface area (Å²) >= 11 is 0. The first-order valence-corrected chi connectivity index (χ1v) is 6.03. The Labute approximate surface area is 110 Å². The highest BCUT2D eigenvalue weighted by Crippen LogP contribution is 2.17. The molecule has 0 amide bonds. The van der Waals surface area contributed by atoms with Crippen molar-refractivity contribution in [2.45, 2.75) is 6.92 Å². The van der Waals surface area contributed by atoms with Crippen LogP contribution in [-0.4, -0.2) is 44.2 Å². The summed E-state index contributed by atoms with van der Waals surface area (Å²) in [7, 11) is 0. The number of hydrogen-bond acceptors (Lipinski definition) is 3. The molecule has 0 radical (unpaired) electrons. The van der Waals surface area contributed by atoms with Crippen LogP contribution in [0.5, 0.6) is 0 Å². The fourth-order valence-electron chi connectivity index (χ4n) is 2.24. The van der Waals surface area contributed by atoms with Gasteiger partial charge >= 0.3 is 0 Å². The SMILES string of the molecule is Cc1cccc(N2CCN(CCN)CC2)c1.Cl. The van der Waals surface area contributed by atoms with Crippen molar-refractivity contribution < 1.29 is 0 Å². The van der Waals surface area contributed by atoms with Crippen molar-refractivity contribution in [2.75, 3.05) is 44.2 Å². The monoisotopic (exact) mass is 255 g/mol. The number of benzene rings is 1. The van der Waals surface area contributed by atoms with Gasteiger partial charge in [-0.15, -0.1) is 12.4 Å².